The van der Waals surface area contributed by atoms with Gasteiger partial charge in [0, 0.05) is 31.2 Å². The molecule has 0 saturated carbocycles. The quantitative estimate of drug-likeness (QED) is 0.554. The highest BCUT2D eigenvalue weighted by Gasteiger charge is 2.41. The molecule has 9 nitrogen and oxygen atoms in total. The van der Waals surface area contributed by atoms with Crippen LogP contribution in [0.15, 0.2) is 49.2 Å². The van der Waals surface area contributed by atoms with Crippen molar-refractivity contribution >= 4 is 17.7 Å². The third-order valence-electron chi connectivity index (χ3n) is 4.12. The Hall–Kier alpha value is -3.83. The summed E-state index contributed by atoms with van der Waals surface area (Å²) in [6.07, 6.45) is 0.999. The fraction of sp³-hybridized carbons (Fsp3) is 0.263. The van der Waals surface area contributed by atoms with E-state index in [0.717, 1.165) is 6.20 Å². The summed E-state index contributed by atoms with van der Waals surface area (Å²) in [5, 5.41) is 8.94. The van der Waals surface area contributed by atoms with Gasteiger partial charge in [-0.05, 0) is 31.2 Å². The summed E-state index contributed by atoms with van der Waals surface area (Å²) in [6.45, 7) is 2.33. The predicted octanol–water partition coefficient (Wildman–Crippen LogP) is 3.09. The number of amides is 2. The minimum absolute atomic E-state index is 0.0634. The molecule has 0 bridgehead atoms. The normalized spacial score (nSPS) is 11.2. The highest BCUT2D eigenvalue weighted by molar-refractivity contribution is 5.91. The van der Waals surface area contributed by atoms with Gasteiger partial charge in [-0.25, -0.2) is 19.3 Å². The number of hydrogen-bond donors (Lipinski definition) is 2. The number of benzene rings is 1. The number of anilines is 1. The molecule has 0 spiro atoms. The summed E-state index contributed by atoms with van der Waals surface area (Å²) in [5.41, 5.74) is -1.47. The van der Waals surface area contributed by atoms with Gasteiger partial charge in [-0.1, -0.05) is 0 Å². The van der Waals surface area contributed by atoms with Gasteiger partial charge >= 0.3 is 18.2 Å². The lowest BCUT2D eigenvalue weighted by Gasteiger charge is -2.13. The molecule has 1 aromatic carbocycles. The molecule has 0 unspecified atom stereocenters. The lowest BCUT2D eigenvalue weighted by Crippen LogP contribution is -2.31. The third kappa shape index (κ3) is 5.41. The van der Waals surface area contributed by atoms with Crippen LogP contribution in [0.4, 0.5) is 23.7 Å². The van der Waals surface area contributed by atoms with E-state index in [1.54, 1.807) is 23.3 Å². The maximum Gasteiger partial charge on any atom is 0.434 e. The van der Waals surface area contributed by atoms with Gasteiger partial charge in [0.25, 0.3) is 0 Å². The van der Waals surface area contributed by atoms with Crippen molar-refractivity contribution < 1.29 is 27.5 Å². The van der Waals surface area contributed by atoms with E-state index in [1.165, 1.54) is 31.2 Å². The van der Waals surface area contributed by atoms with Gasteiger partial charge in [-0.15, -0.1) is 0 Å². The van der Waals surface area contributed by atoms with E-state index in [9.17, 15) is 22.8 Å². The summed E-state index contributed by atoms with van der Waals surface area (Å²) in [7, 11) is 0. The number of rotatable bonds is 7. The summed E-state index contributed by atoms with van der Waals surface area (Å²) in [5.74, 6) is -1.10. The van der Waals surface area contributed by atoms with E-state index >= 15 is 0 Å². The van der Waals surface area contributed by atoms with Crippen LogP contribution in [0.3, 0.4) is 0 Å². The van der Waals surface area contributed by atoms with E-state index in [1.807, 2.05) is 0 Å². The number of alkyl halides is 3. The number of nitrogens with zero attached hydrogens (tertiary/aromatic N) is 4. The van der Waals surface area contributed by atoms with Gasteiger partial charge in [0.15, 0.2) is 5.69 Å². The molecule has 2 amide bonds. The van der Waals surface area contributed by atoms with Crippen LogP contribution in [0.1, 0.15) is 23.0 Å². The van der Waals surface area contributed by atoms with Crippen molar-refractivity contribution in [2.75, 3.05) is 18.5 Å². The van der Waals surface area contributed by atoms with Crippen LogP contribution < -0.4 is 10.6 Å². The Morgan fingerprint density at radius 3 is 2.55 bits per heavy atom. The van der Waals surface area contributed by atoms with Crippen LogP contribution in [0.2, 0.25) is 0 Å². The second-order valence-electron chi connectivity index (χ2n) is 6.27. The summed E-state index contributed by atoms with van der Waals surface area (Å²) < 4.78 is 47.8. The van der Waals surface area contributed by atoms with E-state index in [0.29, 0.717) is 23.5 Å². The fourth-order valence-electron chi connectivity index (χ4n) is 2.75. The summed E-state index contributed by atoms with van der Waals surface area (Å²) >= 11 is 0. The molecule has 31 heavy (non-hydrogen) atoms. The minimum atomic E-state index is -4.83. The first kappa shape index (κ1) is 21.9. The standard InChI is InChI=1S/C19H19F3N6O3/c1-2-31-17(29)15-11-25-28(16(15)19(20,21)22)14-5-3-13(4-6-14)26-18(30)24-8-10-27-9-7-23-12-27/h3-7,9,11-12H,2,8,10H2,1H3,(H2,24,26,30). The smallest absolute Gasteiger partial charge is 0.434 e. The molecule has 12 heteroatoms. The Labute approximate surface area is 174 Å². The molecular weight excluding hydrogens is 417 g/mol. The fourth-order valence-corrected chi connectivity index (χ4v) is 2.75. The zero-order valence-corrected chi connectivity index (χ0v) is 16.4. The van der Waals surface area contributed by atoms with Crippen LogP contribution in [-0.2, 0) is 17.5 Å². The van der Waals surface area contributed by atoms with Gasteiger partial charge in [0.05, 0.1) is 24.8 Å². The number of nitrogens with one attached hydrogen (secondary N) is 2. The largest absolute Gasteiger partial charge is 0.462 e. The Kier molecular flexibility index (Phi) is 6.58. The number of ether oxygens (including phenoxy) is 1. The van der Waals surface area contributed by atoms with E-state index in [2.05, 4.69) is 25.5 Å². The van der Waals surface area contributed by atoms with E-state index in [4.69, 9.17) is 0 Å². The van der Waals surface area contributed by atoms with Gasteiger partial charge < -0.3 is 19.9 Å². The van der Waals surface area contributed by atoms with Gasteiger partial charge in [0.1, 0.15) is 5.56 Å². The number of imidazole rings is 1. The number of urea groups is 1. The monoisotopic (exact) mass is 436 g/mol. The minimum Gasteiger partial charge on any atom is -0.462 e. The second kappa shape index (κ2) is 9.32. The molecule has 0 aliphatic rings. The highest BCUT2D eigenvalue weighted by Crippen LogP contribution is 2.34. The Bertz CT molecular complexity index is 1030. The lowest BCUT2D eigenvalue weighted by atomic mass is 10.2. The molecule has 0 fully saturated rings. The highest BCUT2D eigenvalue weighted by atomic mass is 19.4. The van der Waals surface area contributed by atoms with Gasteiger partial charge in [0.2, 0.25) is 0 Å². The molecule has 0 aliphatic carbocycles. The third-order valence-corrected chi connectivity index (χ3v) is 4.12. The molecule has 2 heterocycles. The van der Waals surface area contributed by atoms with E-state index < -0.39 is 29.4 Å². The molecule has 2 N–H and O–H groups in total. The number of halogens is 3. The molecule has 3 aromatic rings. The molecule has 3 rings (SSSR count). The van der Waals surface area contributed by atoms with Crippen molar-refractivity contribution in [1.82, 2.24) is 24.6 Å². The van der Waals surface area contributed by atoms with Crippen molar-refractivity contribution in [2.24, 2.45) is 0 Å². The van der Waals surface area contributed by atoms with Crippen LogP contribution in [-0.4, -0.2) is 44.5 Å². The van der Waals surface area contributed by atoms with Gasteiger partial charge in [-0.3, -0.25) is 0 Å². The maximum absolute atomic E-state index is 13.6. The van der Waals surface area contributed by atoms with E-state index in [-0.39, 0.29) is 12.3 Å². The molecule has 0 atom stereocenters. The number of esters is 1. The van der Waals surface area contributed by atoms with Crippen LogP contribution >= 0.6 is 0 Å². The topological polar surface area (TPSA) is 103 Å². The van der Waals surface area contributed by atoms with Crippen molar-refractivity contribution in [2.45, 2.75) is 19.6 Å². The van der Waals surface area contributed by atoms with Crippen molar-refractivity contribution in [1.29, 1.82) is 0 Å². The number of aromatic nitrogens is 4. The molecule has 2 aromatic heterocycles. The van der Waals surface area contributed by atoms with Crippen molar-refractivity contribution in [3.63, 3.8) is 0 Å². The number of hydrogen-bond acceptors (Lipinski definition) is 5. The molecule has 164 valence electrons. The lowest BCUT2D eigenvalue weighted by molar-refractivity contribution is -0.143. The predicted molar refractivity (Wildman–Crippen MR) is 104 cm³/mol. The Morgan fingerprint density at radius 1 is 1.19 bits per heavy atom. The maximum atomic E-state index is 13.6. The SMILES string of the molecule is CCOC(=O)c1cnn(-c2ccc(NC(=O)NCCn3ccnc3)cc2)c1C(F)(F)F. The van der Waals surface area contributed by atoms with Crippen LogP contribution in [0, 0.1) is 0 Å². The average molecular weight is 436 g/mol. The first-order chi connectivity index (χ1) is 14.8. The molecular formula is C19H19F3N6O3. The zero-order chi connectivity index (χ0) is 22.4. The first-order valence-electron chi connectivity index (χ1n) is 9.23. The molecule has 0 aliphatic heterocycles. The summed E-state index contributed by atoms with van der Waals surface area (Å²) in [4.78, 5) is 27.7. The van der Waals surface area contributed by atoms with Crippen LogP contribution in [0.25, 0.3) is 5.69 Å². The van der Waals surface area contributed by atoms with Gasteiger partial charge in [-0.2, -0.15) is 18.3 Å². The Balaban J connectivity index is 1.69. The summed E-state index contributed by atoms with van der Waals surface area (Å²) in [6, 6.07) is 5.08. The first-order valence-corrected chi connectivity index (χ1v) is 9.23. The number of carbonyl (C=O) groups is 2. The average Bonchev–Trinajstić information content (AvgIpc) is 3.38. The van der Waals surface area contributed by atoms with Crippen molar-refractivity contribution in [3.8, 4) is 5.69 Å². The Morgan fingerprint density at radius 2 is 1.94 bits per heavy atom. The second-order valence-corrected chi connectivity index (χ2v) is 6.27. The zero-order valence-electron chi connectivity index (χ0n) is 16.4. The van der Waals surface area contributed by atoms with Crippen LogP contribution in [0.5, 0.6) is 0 Å². The molecule has 0 radical (unpaired) electrons. The van der Waals surface area contributed by atoms with Crippen molar-refractivity contribution in [3.05, 3.63) is 60.4 Å². The molecule has 0 saturated heterocycles. The number of carbonyl (C=O) groups excluding carboxylic acids is 2.